The molecule has 2 aliphatic heterocycles. The summed E-state index contributed by atoms with van der Waals surface area (Å²) >= 11 is 0. The number of fused-ring (bicyclic) bond motifs is 1. The summed E-state index contributed by atoms with van der Waals surface area (Å²) in [5.74, 6) is 0.697. The zero-order chi connectivity index (χ0) is 21.8. The molecule has 1 aromatic carbocycles. The minimum Gasteiger partial charge on any atom is -0.492 e. The van der Waals surface area contributed by atoms with Crippen LogP contribution < -0.4 is 15.2 Å². The fourth-order valence-electron chi connectivity index (χ4n) is 3.93. The van der Waals surface area contributed by atoms with Gasteiger partial charge in [-0.05, 0) is 43.0 Å². The molecule has 2 aliphatic rings. The highest BCUT2D eigenvalue weighted by Crippen LogP contribution is 2.31. The molecule has 1 aromatic heterocycles. The fraction of sp³-hybridized carbons (Fsp3) is 0.381. The van der Waals surface area contributed by atoms with Crippen molar-refractivity contribution >= 4 is 27.6 Å². The molecule has 2 aromatic rings. The number of amides is 1. The lowest BCUT2D eigenvalue weighted by atomic mass is 9.98. The quantitative estimate of drug-likeness (QED) is 0.700. The van der Waals surface area contributed by atoms with Gasteiger partial charge in [-0.15, -0.1) is 4.40 Å². The third-order valence-electron chi connectivity index (χ3n) is 5.44. The molecule has 1 amide bonds. The number of nitrogens with zero attached hydrogens (tertiary/aromatic N) is 3. The van der Waals surface area contributed by atoms with E-state index in [1.807, 2.05) is 17.0 Å². The van der Waals surface area contributed by atoms with Crippen molar-refractivity contribution in [2.45, 2.75) is 25.7 Å². The zero-order valence-electron chi connectivity index (χ0n) is 17.0. The number of ether oxygens (including phenoxy) is 1. The molecular weight excluding hydrogens is 418 g/mol. The SMILES string of the molecule is NC1=NS(=O)(=O)Nc2cccc(OC[C@H]3CCCN(C(=O)CCc4cccnc4)C3)c21. The number of benzene rings is 1. The molecule has 1 fully saturated rings. The second-order valence-electron chi connectivity index (χ2n) is 7.75. The lowest BCUT2D eigenvalue weighted by molar-refractivity contribution is -0.133. The number of carbonyl (C=O) groups excluding carboxylic acids is 1. The van der Waals surface area contributed by atoms with Gasteiger partial charge in [-0.3, -0.25) is 14.5 Å². The van der Waals surface area contributed by atoms with Crippen LogP contribution in [-0.2, 0) is 21.4 Å². The Morgan fingerprint density at radius 2 is 2.16 bits per heavy atom. The first kappa shape index (κ1) is 21.1. The van der Waals surface area contributed by atoms with Crippen molar-refractivity contribution in [1.29, 1.82) is 0 Å². The first-order valence-corrected chi connectivity index (χ1v) is 11.7. The highest BCUT2D eigenvalue weighted by molar-refractivity contribution is 7.91. The van der Waals surface area contributed by atoms with Gasteiger partial charge in [0.2, 0.25) is 5.91 Å². The summed E-state index contributed by atoms with van der Waals surface area (Å²) in [6.07, 6.45) is 6.52. The van der Waals surface area contributed by atoms with E-state index in [-0.39, 0.29) is 17.7 Å². The van der Waals surface area contributed by atoms with Crippen molar-refractivity contribution in [2.75, 3.05) is 24.4 Å². The third kappa shape index (κ3) is 5.13. The Bertz CT molecular complexity index is 1090. The smallest absolute Gasteiger partial charge is 0.344 e. The first-order chi connectivity index (χ1) is 14.9. The summed E-state index contributed by atoms with van der Waals surface area (Å²) in [5, 5.41) is 0. The van der Waals surface area contributed by atoms with Crippen LogP contribution in [0.2, 0.25) is 0 Å². The van der Waals surface area contributed by atoms with Crippen LogP contribution in [0.3, 0.4) is 0 Å². The van der Waals surface area contributed by atoms with E-state index in [0.29, 0.717) is 43.0 Å². The van der Waals surface area contributed by atoms with Gasteiger partial charge in [0.1, 0.15) is 5.75 Å². The maximum absolute atomic E-state index is 12.7. The van der Waals surface area contributed by atoms with Gasteiger partial charge >= 0.3 is 10.2 Å². The summed E-state index contributed by atoms with van der Waals surface area (Å²) in [6.45, 7) is 1.80. The Balaban J connectivity index is 1.35. The Morgan fingerprint density at radius 1 is 1.29 bits per heavy atom. The molecule has 3 N–H and O–H groups in total. The molecule has 1 saturated heterocycles. The topological polar surface area (TPSA) is 127 Å². The maximum atomic E-state index is 12.7. The standard InChI is InChI=1S/C21H25N5O4S/c22-21-20-17(24-31(28,29)25-21)6-1-7-18(20)30-14-16-5-3-11-26(13-16)19(27)9-8-15-4-2-10-23-12-15/h1-2,4,6-7,10,12,16,24H,3,5,8-9,11,13-14H2,(H2,22,25)/t16-/m0/s1. The van der Waals surface area contributed by atoms with E-state index in [1.54, 1.807) is 30.6 Å². The van der Waals surface area contributed by atoms with Crippen molar-refractivity contribution in [3.8, 4) is 5.75 Å². The van der Waals surface area contributed by atoms with E-state index in [4.69, 9.17) is 10.5 Å². The number of carbonyl (C=O) groups is 1. The molecule has 31 heavy (non-hydrogen) atoms. The molecule has 9 nitrogen and oxygen atoms in total. The molecule has 0 spiro atoms. The van der Waals surface area contributed by atoms with Gasteiger partial charge in [0.25, 0.3) is 0 Å². The number of piperidine rings is 1. The highest BCUT2D eigenvalue weighted by atomic mass is 32.2. The Kier molecular flexibility index (Phi) is 6.08. The number of nitrogens with one attached hydrogen (secondary N) is 1. The average molecular weight is 444 g/mol. The molecule has 0 aliphatic carbocycles. The van der Waals surface area contributed by atoms with E-state index < -0.39 is 10.2 Å². The summed E-state index contributed by atoms with van der Waals surface area (Å²) in [7, 11) is -3.83. The van der Waals surface area contributed by atoms with Gasteiger partial charge in [-0.25, -0.2) is 0 Å². The van der Waals surface area contributed by atoms with E-state index in [1.165, 1.54) is 0 Å². The molecular formula is C21H25N5O4S. The Hall–Kier alpha value is -3.14. The number of hydrogen-bond donors (Lipinski definition) is 2. The van der Waals surface area contributed by atoms with Gasteiger partial charge in [0, 0.05) is 37.8 Å². The van der Waals surface area contributed by atoms with Crippen molar-refractivity contribution < 1.29 is 17.9 Å². The summed E-state index contributed by atoms with van der Waals surface area (Å²) in [4.78, 5) is 18.6. The number of anilines is 1. The second-order valence-corrected chi connectivity index (χ2v) is 9.09. The minimum atomic E-state index is -3.83. The molecule has 3 heterocycles. The molecule has 10 heteroatoms. The molecule has 0 saturated carbocycles. The van der Waals surface area contributed by atoms with Crippen LogP contribution in [0, 0.1) is 5.92 Å². The largest absolute Gasteiger partial charge is 0.492 e. The van der Waals surface area contributed by atoms with Crippen molar-refractivity contribution in [1.82, 2.24) is 9.88 Å². The van der Waals surface area contributed by atoms with Crippen molar-refractivity contribution in [3.05, 3.63) is 53.9 Å². The molecule has 4 rings (SSSR count). The zero-order valence-corrected chi connectivity index (χ0v) is 17.8. The molecule has 164 valence electrons. The number of aryl methyl sites for hydroxylation is 1. The normalized spacial score (nSPS) is 19.7. The van der Waals surface area contributed by atoms with Gasteiger partial charge in [-0.2, -0.15) is 8.42 Å². The number of aromatic nitrogens is 1. The number of pyridine rings is 1. The lowest BCUT2D eigenvalue weighted by Crippen LogP contribution is -2.41. The summed E-state index contributed by atoms with van der Waals surface area (Å²) in [5.41, 5.74) is 7.71. The van der Waals surface area contributed by atoms with Crippen LogP contribution in [0.25, 0.3) is 0 Å². The van der Waals surface area contributed by atoms with Gasteiger partial charge in [0.15, 0.2) is 5.84 Å². The summed E-state index contributed by atoms with van der Waals surface area (Å²) < 4.78 is 35.3. The molecule has 0 bridgehead atoms. The van der Waals surface area contributed by atoms with Crippen molar-refractivity contribution in [3.63, 3.8) is 0 Å². The van der Waals surface area contributed by atoms with E-state index in [9.17, 15) is 13.2 Å². The van der Waals surface area contributed by atoms with Crippen LogP contribution >= 0.6 is 0 Å². The number of likely N-dealkylation sites (tertiary alicyclic amines) is 1. The van der Waals surface area contributed by atoms with Gasteiger partial charge in [-0.1, -0.05) is 12.1 Å². The predicted molar refractivity (Wildman–Crippen MR) is 117 cm³/mol. The molecule has 0 unspecified atom stereocenters. The fourth-order valence-corrected chi connectivity index (χ4v) is 4.77. The maximum Gasteiger partial charge on any atom is 0.344 e. The second kappa shape index (κ2) is 8.93. The average Bonchev–Trinajstić information content (AvgIpc) is 2.76. The van der Waals surface area contributed by atoms with E-state index in [0.717, 1.165) is 24.9 Å². The number of nitrogens with two attached hydrogens (primary N) is 1. The third-order valence-corrected chi connectivity index (χ3v) is 6.35. The first-order valence-electron chi connectivity index (χ1n) is 10.2. The lowest BCUT2D eigenvalue weighted by Gasteiger charge is -2.33. The predicted octanol–water partition coefficient (Wildman–Crippen LogP) is 1.71. The van der Waals surface area contributed by atoms with Crippen LogP contribution in [0.4, 0.5) is 5.69 Å². The van der Waals surface area contributed by atoms with Gasteiger partial charge in [0.05, 0.1) is 17.9 Å². The minimum absolute atomic E-state index is 0.0970. The number of rotatable bonds is 6. The Labute approximate surface area is 181 Å². The number of amidine groups is 1. The van der Waals surface area contributed by atoms with Gasteiger partial charge < -0.3 is 15.4 Å². The van der Waals surface area contributed by atoms with E-state index in [2.05, 4.69) is 14.1 Å². The summed E-state index contributed by atoms with van der Waals surface area (Å²) in [6, 6.07) is 8.90. The molecule has 0 radical (unpaired) electrons. The van der Waals surface area contributed by atoms with Crippen molar-refractivity contribution in [2.24, 2.45) is 16.0 Å². The van der Waals surface area contributed by atoms with Crippen LogP contribution in [0.1, 0.15) is 30.4 Å². The van der Waals surface area contributed by atoms with Crippen LogP contribution in [-0.4, -0.2) is 49.7 Å². The monoisotopic (exact) mass is 443 g/mol. The number of hydrogen-bond acceptors (Lipinski definition) is 6. The van der Waals surface area contributed by atoms with E-state index >= 15 is 0 Å². The van der Waals surface area contributed by atoms with Crippen LogP contribution in [0.15, 0.2) is 47.1 Å². The molecule has 1 atom stereocenters. The van der Waals surface area contributed by atoms with Crippen LogP contribution in [0.5, 0.6) is 5.75 Å². The Morgan fingerprint density at radius 3 is 2.97 bits per heavy atom. The highest BCUT2D eigenvalue weighted by Gasteiger charge is 2.27.